The lowest BCUT2D eigenvalue weighted by atomic mass is 10.1. The van der Waals surface area contributed by atoms with Gasteiger partial charge in [-0.3, -0.25) is 0 Å². The summed E-state index contributed by atoms with van der Waals surface area (Å²) in [6, 6.07) is 11.3. The van der Waals surface area contributed by atoms with Gasteiger partial charge < -0.3 is 4.74 Å². The van der Waals surface area contributed by atoms with Crippen LogP contribution in [-0.2, 0) is 5.75 Å². The summed E-state index contributed by atoms with van der Waals surface area (Å²) < 4.78 is 32.2. The van der Waals surface area contributed by atoms with Gasteiger partial charge in [0.1, 0.15) is 5.75 Å². The number of halogens is 2. The summed E-state index contributed by atoms with van der Waals surface area (Å²) in [5.41, 5.74) is 4.12. The molecule has 27 heavy (non-hydrogen) atoms. The molecule has 5 nitrogen and oxygen atoms in total. The molecule has 0 fully saturated rings. The first-order valence-corrected chi connectivity index (χ1v) is 9.95. The van der Waals surface area contributed by atoms with E-state index in [-0.39, 0.29) is 0 Å². The third kappa shape index (κ3) is 4.78. The second kappa shape index (κ2) is 8.71. The van der Waals surface area contributed by atoms with Crippen LogP contribution in [0.2, 0.25) is 0 Å². The molecule has 0 aliphatic rings. The van der Waals surface area contributed by atoms with E-state index in [0.717, 1.165) is 16.8 Å². The third-order valence-corrected chi connectivity index (χ3v) is 5.59. The zero-order valence-electron chi connectivity index (χ0n) is 15.0. The minimum Gasteiger partial charge on any atom is -0.496 e. The van der Waals surface area contributed by atoms with Crippen LogP contribution in [0.4, 0.5) is 8.78 Å². The van der Waals surface area contributed by atoms with E-state index in [9.17, 15) is 8.78 Å². The topological polar surface area (TPSA) is 52.8 Å². The molecule has 0 spiro atoms. The van der Waals surface area contributed by atoms with Crippen LogP contribution < -0.4 is 4.74 Å². The Morgan fingerprint density at radius 2 is 1.96 bits per heavy atom. The first kappa shape index (κ1) is 19.6. The number of aryl methyl sites for hydroxylation is 2. The van der Waals surface area contributed by atoms with Crippen molar-refractivity contribution in [1.29, 1.82) is 0 Å². The van der Waals surface area contributed by atoms with E-state index in [2.05, 4.69) is 21.6 Å². The van der Waals surface area contributed by atoms with E-state index in [1.54, 1.807) is 16.8 Å². The number of tetrazole rings is 1. The number of rotatable bonds is 7. The predicted octanol–water partition coefficient (Wildman–Crippen LogP) is 4.89. The summed E-state index contributed by atoms with van der Waals surface area (Å²) in [6.07, 6.45) is 0. The Bertz CT molecular complexity index is 933. The van der Waals surface area contributed by atoms with Crippen LogP contribution in [0.1, 0.15) is 16.7 Å². The number of hydrogen-bond donors (Lipinski definition) is 0. The maximum Gasteiger partial charge on any atom is 0.289 e. The fraction of sp³-hybridized carbons (Fsp3) is 0.278. The highest BCUT2D eigenvalue weighted by atomic mass is 32.2. The average Bonchev–Trinajstić information content (AvgIpc) is 3.08. The van der Waals surface area contributed by atoms with E-state index >= 15 is 0 Å². The predicted molar refractivity (Wildman–Crippen MR) is 103 cm³/mol. The van der Waals surface area contributed by atoms with Crippen LogP contribution in [-0.4, -0.2) is 33.1 Å². The van der Waals surface area contributed by atoms with Crippen LogP contribution >= 0.6 is 23.5 Å². The molecule has 0 aliphatic heterocycles. The highest BCUT2D eigenvalue weighted by Gasteiger charge is 2.14. The second-order valence-corrected chi connectivity index (χ2v) is 7.79. The number of alkyl halides is 2. The monoisotopic (exact) mass is 408 g/mol. The summed E-state index contributed by atoms with van der Waals surface area (Å²) in [6.45, 7) is 4.05. The Morgan fingerprint density at radius 1 is 1.15 bits per heavy atom. The van der Waals surface area contributed by atoms with E-state index in [4.69, 9.17) is 4.74 Å². The molecule has 0 radical (unpaired) electrons. The first-order chi connectivity index (χ1) is 13.0. The minimum absolute atomic E-state index is 0.418. The molecule has 0 saturated carbocycles. The molecule has 0 N–H and O–H groups in total. The molecule has 0 saturated heterocycles. The quantitative estimate of drug-likeness (QED) is 0.519. The molecule has 3 aromatic rings. The van der Waals surface area contributed by atoms with E-state index in [1.165, 1.54) is 24.4 Å². The molecule has 1 aromatic heterocycles. The van der Waals surface area contributed by atoms with Gasteiger partial charge in [-0.25, -0.2) is 0 Å². The van der Waals surface area contributed by atoms with Gasteiger partial charge in [0, 0.05) is 5.75 Å². The van der Waals surface area contributed by atoms with Gasteiger partial charge in [0.05, 0.1) is 17.7 Å². The van der Waals surface area contributed by atoms with E-state index in [1.807, 2.05) is 32.0 Å². The Hall–Kier alpha value is -2.13. The van der Waals surface area contributed by atoms with Crippen LogP contribution in [0.3, 0.4) is 0 Å². The number of benzene rings is 2. The summed E-state index contributed by atoms with van der Waals surface area (Å²) in [5, 5.41) is 12.6. The van der Waals surface area contributed by atoms with E-state index in [0.29, 0.717) is 33.3 Å². The Morgan fingerprint density at radius 3 is 2.67 bits per heavy atom. The molecule has 0 amide bonds. The van der Waals surface area contributed by atoms with Gasteiger partial charge in [-0.1, -0.05) is 47.3 Å². The molecular formula is C18H18F2N4OS2. The highest BCUT2D eigenvalue weighted by molar-refractivity contribution is 7.99. The van der Waals surface area contributed by atoms with E-state index < -0.39 is 5.76 Å². The van der Waals surface area contributed by atoms with Gasteiger partial charge in [-0.2, -0.15) is 13.5 Å². The van der Waals surface area contributed by atoms with Crippen molar-refractivity contribution in [3.05, 3.63) is 53.1 Å². The molecule has 0 aliphatic carbocycles. The van der Waals surface area contributed by atoms with Crippen molar-refractivity contribution in [2.24, 2.45) is 0 Å². The normalized spacial score (nSPS) is 11.2. The van der Waals surface area contributed by atoms with Gasteiger partial charge in [0.2, 0.25) is 5.16 Å². The molecule has 0 unspecified atom stereocenters. The van der Waals surface area contributed by atoms with Crippen LogP contribution in [0.25, 0.3) is 5.69 Å². The zero-order valence-corrected chi connectivity index (χ0v) is 16.7. The van der Waals surface area contributed by atoms with Crippen LogP contribution in [0, 0.1) is 13.8 Å². The van der Waals surface area contributed by atoms with Crippen molar-refractivity contribution < 1.29 is 13.5 Å². The lowest BCUT2D eigenvalue weighted by Gasteiger charge is -2.10. The standard InChI is InChI=1S/C18H18F2N4OS2/c1-11-4-6-14(12(2)8-11)24-18(21-22-23-24)26-10-13-5-7-16(27-17(19)20)15(9-13)25-3/h4-9,17H,10H2,1-3H3. The summed E-state index contributed by atoms with van der Waals surface area (Å²) >= 11 is 1.94. The van der Waals surface area contributed by atoms with Crippen LogP contribution in [0.5, 0.6) is 5.75 Å². The van der Waals surface area contributed by atoms with Gasteiger partial charge in [-0.15, -0.1) is 5.10 Å². The Balaban J connectivity index is 1.77. The maximum atomic E-state index is 12.6. The third-order valence-electron chi connectivity index (χ3n) is 3.83. The first-order valence-electron chi connectivity index (χ1n) is 8.08. The lowest BCUT2D eigenvalue weighted by Crippen LogP contribution is -2.02. The molecular weight excluding hydrogens is 390 g/mol. The number of thioether (sulfide) groups is 2. The lowest BCUT2D eigenvalue weighted by molar-refractivity contribution is 0.251. The number of methoxy groups -OCH3 is 1. The molecule has 3 rings (SSSR count). The highest BCUT2D eigenvalue weighted by Crippen LogP contribution is 2.35. The zero-order chi connectivity index (χ0) is 19.4. The summed E-state index contributed by atoms with van der Waals surface area (Å²) in [4.78, 5) is 0.418. The van der Waals surface area contributed by atoms with Crippen molar-refractivity contribution in [2.75, 3.05) is 7.11 Å². The molecule has 9 heteroatoms. The van der Waals surface area contributed by atoms with Crippen molar-refractivity contribution in [1.82, 2.24) is 20.2 Å². The molecule has 0 bridgehead atoms. The Kier molecular flexibility index (Phi) is 6.33. The fourth-order valence-electron chi connectivity index (χ4n) is 2.61. The maximum absolute atomic E-state index is 12.6. The molecule has 0 atom stereocenters. The number of nitrogens with zero attached hydrogens (tertiary/aromatic N) is 4. The van der Waals surface area contributed by atoms with Crippen molar-refractivity contribution in [2.45, 2.75) is 35.4 Å². The fourth-order valence-corrected chi connectivity index (χ4v) is 4.03. The Labute approximate surface area is 164 Å². The molecule has 2 aromatic carbocycles. The summed E-state index contributed by atoms with van der Waals surface area (Å²) in [5.74, 6) is -1.46. The van der Waals surface area contributed by atoms with Crippen molar-refractivity contribution in [3.63, 3.8) is 0 Å². The minimum atomic E-state index is -2.48. The molecule has 142 valence electrons. The van der Waals surface area contributed by atoms with Crippen LogP contribution in [0.15, 0.2) is 46.5 Å². The van der Waals surface area contributed by atoms with Gasteiger partial charge >= 0.3 is 0 Å². The summed E-state index contributed by atoms with van der Waals surface area (Å²) in [7, 11) is 1.47. The van der Waals surface area contributed by atoms with Crippen molar-refractivity contribution in [3.8, 4) is 11.4 Å². The smallest absolute Gasteiger partial charge is 0.289 e. The van der Waals surface area contributed by atoms with Crippen molar-refractivity contribution >= 4 is 23.5 Å². The number of ether oxygens (including phenoxy) is 1. The number of aromatic nitrogens is 4. The molecule has 1 heterocycles. The second-order valence-electron chi connectivity index (χ2n) is 5.82. The van der Waals surface area contributed by atoms with Gasteiger partial charge in [-0.05, 0) is 53.6 Å². The SMILES string of the molecule is COc1cc(CSc2nnnn2-c2ccc(C)cc2C)ccc1SC(F)F. The number of hydrogen-bond acceptors (Lipinski definition) is 6. The average molecular weight is 408 g/mol. The van der Waals surface area contributed by atoms with Gasteiger partial charge in [0.25, 0.3) is 5.76 Å². The largest absolute Gasteiger partial charge is 0.496 e. The van der Waals surface area contributed by atoms with Gasteiger partial charge in [0.15, 0.2) is 0 Å².